The maximum Gasteiger partial charge on any atom is 0.263 e. The van der Waals surface area contributed by atoms with E-state index in [9.17, 15) is 4.79 Å². The van der Waals surface area contributed by atoms with E-state index in [4.69, 9.17) is 0 Å². The maximum absolute atomic E-state index is 12.3. The van der Waals surface area contributed by atoms with Gasteiger partial charge in [0.25, 0.3) is 5.91 Å². The Balaban J connectivity index is 1.83. The highest BCUT2D eigenvalue weighted by atomic mass is 32.1. The lowest BCUT2D eigenvalue weighted by molar-refractivity contribution is 0.0955. The average molecular weight is 327 g/mol. The van der Waals surface area contributed by atoms with Gasteiger partial charge in [-0.05, 0) is 19.3 Å². The molecule has 2 aromatic heterocycles. The first kappa shape index (κ1) is 15.7. The molecule has 3 rings (SSSR count). The normalized spacial score (nSPS) is 11.3. The summed E-state index contributed by atoms with van der Waals surface area (Å²) in [7, 11) is 0. The zero-order valence-corrected chi connectivity index (χ0v) is 14.5. The smallest absolute Gasteiger partial charge is 0.263 e. The van der Waals surface area contributed by atoms with E-state index in [1.54, 1.807) is 0 Å². The molecule has 4 nitrogen and oxygen atoms in total. The van der Waals surface area contributed by atoms with Gasteiger partial charge in [-0.3, -0.25) is 9.20 Å². The molecule has 0 atom stereocenters. The second-order valence-corrected chi connectivity index (χ2v) is 7.08. The molecule has 0 fully saturated rings. The lowest BCUT2D eigenvalue weighted by Crippen LogP contribution is -2.25. The van der Waals surface area contributed by atoms with Gasteiger partial charge < -0.3 is 5.32 Å². The van der Waals surface area contributed by atoms with E-state index in [2.05, 4.69) is 24.1 Å². The zero-order valence-electron chi connectivity index (χ0n) is 13.7. The van der Waals surface area contributed by atoms with Crippen molar-refractivity contribution in [3.63, 3.8) is 0 Å². The number of hydrogen-bond donors (Lipinski definition) is 1. The van der Waals surface area contributed by atoms with Crippen LogP contribution in [0.5, 0.6) is 0 Å². The summed E-state index contributed by atoms with van der Waals surface area (Å²) in [6.07, 6.45) is 2.99. The molecule has 0 aliphatic rings. The van der Waals surface area contributed by atoms with Crippen LogP contribution in [-0.4, -0.2) is 21.8 Å². The molecule has 0 bridgehead atoms. The molecule has 0 unspecified atom stereocenters. The summed E-state index contributed by atoms with van der Waals surface area (Å²) in [5.74, 6) is 0.588. The number of amides is 1. The Morgan fingerprint density at radius 1 is 1.30 bits per heavy atom. The molecule has 0 saturated carbocycles. The van der Waals surface area contributed by atoms with E-state index in [1.165, 1.54) is 11.3 Å². The Morgan fingerprint density at radius 2 is 2.04 bits per heavy atom. The van der Waals surface area contributed by atoms with Crippen LogP contribution >= 0.6 is 11.3 Å². The highest BCUT2D eigenvalue weighted by Crippen LogP contribution is 2.27. The van der Waals surface area contributed by atoms with Gasteiger partial charge in [0, 0.05) is 24.0 Å². The Hall–Kier alpha value is -2.14. The molecule has 3 aromatic rings. The number of nitrogens with zero attached hydrogens (tertiary/aromatic N) is 2. The van der Waals surface area contributed by atoms with Gasteiger partial charge in [0.15, 0.2) is 4.96 Å². The van der Waals surface area contributed by atoms with E-state index in [1.807, 2.05) is 47.9 Å². The molecule has 1 aromatic carbocycles. The van der Waals surface area contributed by atoms with Crippen LogP contribution < -0.4 is 5.32 Å². The minimum absolute atomic E-state index is 0.0000823. The summed E-state index contributed by atoms with van der Waals surface area (Å²) < 4.78 is 2.00. The third-order valence-electron chi connectivity index (χ3n) is 3.84. The van der Waals surface area contributed by atoms with Gasteiger partial charge >= 0.3 is 0 Å². The van der Waals surface area contributed by atoms with Crippen LogP contribution in [0.15, 0.2) is 36.5 Å². The number of hydrogen-bond acceptors (Lipinski definition) is 3. The Labute approximate surface area is 140 Å². The topological polar surface area (TPSA) is 46.4 Å². The highest BCUT2D eigenvalue weighted by Gasteiger charge is 2.17. The number of imidazole rings is 1. The fraction of sp³-hybridized carbons (Fsp3) is 0.333. The number of nitrogens with one attached hydrogen (secondary N) is 1. The quantitative estimate of drug-likeness (QED) is 0.765. The minimum atomic E-state index is -0.0000823. The lowest BCUT2D eigenvalue weighted by atomic mass is 10.1. The fourth-order valence-electron chi connectivity index (χ4n) is 2.46. The fourth-order valence-corrected chi connectivity index (χ4v) is 3.49. The van der Waals surface area contributed by atoms with Gasteiger partial charge in [-0.1, -0.05) is 55.5 Å². The van der Waals surface area contributed by atoms with Crippen LogP contribution in [0.3, 0.4) is 0 Å². The molecule has 0 radical (unpaired) electrons. The van der Waals surface area contributed by atoms with Crippen molar-refractivity contribution >= 4 is 22.2 Å². The predicted octanol–water partition coefficient (Wildman–Crippen LogP) is 4.15. The Bertz CT molecular complexity index is 818. The van der Waals surface area contributed by atoms with Crippen molar-refractivity contribution in [2.75, 3.05) is 6.54 Å². The van der Waals surface area contributed by atoms with Crippen molar-refractivity contribution < 1.29 is 4.79 Å². The first-order chi connectivity index (χ1) is 11.1. The van der Waals surface area contributed by atoms with E-state index in [0.717, 1.165) is 33.2 Å². The third kappa shape index (κ3) is 3.29. The van der Waals surface area contributed by atoms with Gasteiger partial charge in [0.1, 0.15) is 4.88 Å². The van der Waals surface area contributed by atoms with Crippen LogP contribution in [0.25, 0.3) is 16.2 Å². The molecular formula is C18H21N3OS. The summed E-state index contributed by atoms with van der Waals surface area (Å²) >= 11 is 1.45. The number of benzene rings is 1. The maximum atomic E-state index is 12.3. The van der Waals surface area contributed by atoms with Crippen LogP contribution in [0.4, 0.5) is 0 Å². The molecule has 5 heteroatoms. The molecule has 23 heavy (non-hydrogen) atoms. The molecule has 0 spiro atoms. The van der Waals surface area contributed by atoms with Crippen molar-refractivity contribution in [3.8, 4) is 11.3 Å². The van der Waals surface area contributed by atoms with Crippen molar-refractivity contribution in [2.45, 2.75) is 27.2 Å². The average Bonchev–Trinajstić information content (AvgIpc) is 3.08. The summed E-state index contributed by atoms with van der Waals surface area (Å²) in [4.78, 5) is 18.6. The zero-order chi connectivity index (χ0) is 16.4. The molecule has 0 aliphatic carbocycles. The van der Waals surface area contributed by atoms with Crippen molar-refractivity contribution in [2.24, 2.45) is 5.92 Å². The molecular weight excluding hydrogens is 306 g/mol. The Morgan fingerprint density at radius 3 is 2.70 bits per heavy atom. The van der Waals surface area contributed by atoms with Crippen LogP contribution in [0.2, 0.25) is 0 Å². The number of carbonyl (C=O) groups is 1. The number of carbonyl (C=O) groups excluding carboxylic acids is 1. The molecule has 1 amide bonds. The summed E-state index contributed by atoms with van der Waals surface area (Å²) in [5, 5.41) is 3.00. The lowest BCUT2D eigenvalue weighted by Gasteiger charge is -2.06. The molecule has 2 heterocycles. The van der Waals surface area contributed by atoms with E-state index in [-0.39, 0.29) is 5.91 Å². The number of thiazole rings is 1. The highest BCUT2D eigenvalue weighted by molar-refractivity contribution is 7.19. The van der Waals surface area contributed by atoms with Gasteiger partial charge in [-0.2, -0.15) is 0 Å². The summed E-state index contributed by atoms with van der Waals surface area (Å²) in [6, 6.07) is 10.1. The second kappa shape index (κ2) is 6.54. The summed E-state index contributed by atoms with van der Waals surface area (Å²) in [5.41, 5.74) is 2.97. The van der Waals surface area contributed by atoms with E-state index in [0.29, 0.717) is 12.5 Å². The van der Waals surface area contributed by atoms with Gasteiger partial charge in [-0.25, -0.2) is 4.98 Å². The number of fused-ring (bicyclic) bond motifs is 1. The van der Waals surface area contributed by atoms with Gasteiger partial charge in [0.2, 0.25) is 0 Å². The number of aromatic nitrogens is 2. The molecule has 1 N–H and O–H groups in total. The number of rotatable bonds is 5. The van der Waals surface area contributed by atoms with Crippen molar-refractivity contribution in [1.82, 2.24) is 14.7 Å². The molecule has 120 valence electrons. The standard InChI is InChI=1S/C18H21N3OS/c1-12(2)9-10-19-17(22)16-13(3)21-11-15(20-18(21)23-16)14-7-5-4-6-8-14/h4-8,11-12H,9-10H2,1-3H3,(H,19,22). The predicted molar refractivity (Wildman–Crippen MR) is 95.0 cm³/mol. The SMILES string of the molecule is Cc1c(C(=O)NCCC(C)C)sc2nc(-c3ccccc3)cn12. The molecule has 0 aliphatic heterocycles. The Kier molecular flexibility index (Phi) is 4.48. The van der Waals surface area contributed by atoms with Crippen LogP contribution in [0.1, 0.15) is 35.6 Å². The van der Waals surface area contributed by atoms with Gasteiger partial charge in [-0.15, -0.1) is 0 Å². The van der Waals surface area contributed by atoms with Crippen LogP contribution in [-0.2, 0) is 0 Å². The third-order valence-corrected chi connectivity index (χ3v) is 5.00. The minimum Gasteiger partial charge on any atom is -0.351 e. The second-order valence-electron chi connectivity index (χ2n) is 6.10. The number of aryl methyl sites for hydroxylation is 1. The van der Waals surface area contributed by atoms with E-state index >= 15 is 0 Å². The van der Waals surface area contributed by atoms with Gasteiger partial charge in [0.05, 0.1) is 5.69 Å². The monoisotopic (exact) mass is 327 g/mol. The summed E-state index contributed by atoms with van der Waals surface area (Å²) in [6.45, 7) is 6.99. The van der Waals surface area contributed by atoms with E-state index < -0.39 is 0 Å². The van der Waals surface area contributed by atoms with Crippen molar-refractivity contribution in [1.29, 1.82) is 0 Å². The molecule has 0 saturated heterocycles. The van der Waals surface area contributed by atoms with Crippen molar-refractivity contribution in [3.05, 3.63) is 47.1 Å². The first-order valence-corrected chi connectivity index (χ1v) is 8.70. The van der Waals surface area contributed by atoms with Crippen LogP contribution in [0, 0.1) is 12.8 Å². The largest absolute Gasteiger partial charge is 0.351 e. The first-order valence-electron chi connectivity index (χ1n) is 7.88.